The number of fused-ring (bicyclic) bond motifs is 1. The van der Waals surface area contributed by atoms with Gasteiger partial charge in [0.2, 0.25) is 5.82 Å². The van der Waals surface area contributed by atoms with E-state index in [1.165, 1.54) is 0 Å². The van der Waals surface area contributed by atoms with Crippen LogP contribution < -0.4 is 4.74 Å². The third-order valence-corrected chi connectivity index (χ3v) is 3.80. The van der Waals surface area contributed by atoms with Crippen molar-refractivity contribution in [2.24, 2.45) is 7.05 Å². The summed E-state index contributed by atoms with van der Waals surface area (Å²) < 4.78 is 12.9. The van der Waals surface area contributed by atoms with Crippen LogP contribution >= 0.6 is 0 Å². The van der Waals surface area contributed by atoms with Crippen molar-refractivity contribution in [2.45, 2.75) is 13.5 Å². The van der Waals surface area contributed by atoms with Crippen LogP contribution in [-0.4, -0.2) is 19.7 Å². The summed E-state index contributed by atoms with van der Waals surface area (Å²) in [5, 5.41) is 4.03. The minimum absolute atomic E-state index is 0.238. The summed E-state index contributed by atoms with van der Waals surface area (Å²) in [7, 11) is 1.96. The fraction of sp³-hybridized carbons (Fsp3) is 0.167. The van der Waals surface area contributed by atoms with Gasteiger partial charge in [0.1, 0.15) is 5.75 Å². The molecule has 0 atom stereocenters. The highest BCUT2D eigenvalue weighted by atomic mass is 16.5. The van der Waals surface area contributed by atoms with Crippen molar-refractivity contribution in [1.82, 2.24) is 19.7 Å². The molecule has 0 aliphatic heterocycles. The highest BCUT2D eigenvalue weighted by Crippen LogP contribution is 2.22. The maximum absolute atomic E-state index is 5.68. The van der Waals surface area contributed by atoms with Crippen LogP contribution in [0.15, 0.2) is 53.3 Å². The fourth-order valence-corrected chi connectivity index (χ4v) is 2.56. The molecular formula is C18H16N4O2. The molecule has 0 unspecified atom stereocenters. The Hall–Kier alpha value is -3.15. The summed E-state index contributed by atoms with van der Waals surface area (Å²) in [6.45, 7) is 2.26. The minimum atomic E-state index is 0.238. The molecule has 0 bridgehead atoms. The van der Waals surface area contributed by atoms with Crippen LogP contribution in [0.25, 0.3) is 22.4 Å². The molecule has 0 saturated heterocycles. The Bertz CT molecular complexity index is 1000. The minimum Gasteiger partial charge on any atom is -0.484 e. The van der Waals surface area contributed by atoms with Crippen molar-refractivity contribution in [3.8, 4) is 17.1 Å². The Labute approximate surface area is 138 Å². The third-order valence-electron chi connectivity index (χ3n) is 3.80. The second-order valence-corrected chi connectivity index (χ2v) is 5.68. The zero-order chi connectivity index (χ0) is 16.5. The second-order valence-electron chi connectivity index (χ2n) is 5.68. The van der Waals surface area contributed by atoms with Crippen LogP contribution in [0.2, 0.25) is 0 Å². The summed E-state index contributed by atoms with van der Waals surface area (Å²) in [4.78, 5) is 8.74. The number of imidazole rings is 1. The molecule has 6 heteroatoms. The molecular weight excluding hydrogens is 304 g/mol. The van der Waals surface area contributed by atoms with Crippen molar-refractivity contribution in [1.29, 1.82) is 0 Å². The van der Waals surface area contributed by atoms with E-state index in [4.69, 9.17) is 9.26 Å². The number of aryl methyl sites for hydroxylation is 2. The van der Waals surface area contributed by atoms with Crippen molar-refractivity contribution < 1.29 is 9.26 Å². The van der Waals surface area contributed by atoms with Crippen molar-refractivity contribution in [3.63, 3.8) is 0 Å². The molecule has 4 aromatic rings. The van der Waals surface area contributed by atoms with E-state index in [0.29, 0.717) is 11.7 Å². The number of rotatable bonds is 4. The van der Waals surface area contributed by atoms with Gasteiger partial charge in [-0.3, -0.25) is 0 Å². The molecule has 0 fully saturated rings. The van der Waals surface area contributed by atoms with Gasteiger partial charge in [0.15, 0.2) is 6.61 Å². The van der Waals surface area contributed by atoms with Crippen molar-refractivity contribution in [2.75, 3.05) is 0 Å². The number of ether oxygens (including phenoxy) is 1. The van der Waals surface area contributed by atoms with E-state index >= 15 is 0 Å². The molecule has 0 spiro atoms. The molecule has 0 amide bonds. The third kappa shape index (κ3) is 2.74. The van der Waals surface area contributed by atoms with E-state index in [0.717, 1.165) is 27.9 Å². The summed E-state index contributed by atoms with van der Waals surface area (Å²) >= 11 is 0. The zero-order valence-corrected chi connectivity index (χ0v) is 13.4. The van der Waals surface area contributed by atoms with Gasteiger partial charge in [-0.05, 0) is 42.8 Å². The lowest BCUT2D eigenvalue weighted by Gasteiger charge is -2.03. The Morgan fingerprint density at radius 3 is 2.96 bits per heavy atom. The van der Waals surface area contributed by atoms with Gasteiger partial charge in [-0.2, -0.15) is 4.98 Å². The molecule has 24 heavy (non-hydrogen) atoms. The molecule has 0 aliphatic rings. The number of benzene rings is 2. The molecule has 2 heterocycles. The topological polar surface area (TPSA) is 66.0 Å². The van der Waals surface area contributed by atoms with Crippen molar-refractivity contribution >= 4 is 11.0 Å². The molecule has 120 valence electrons. The lowest BCUT2D eigenvalue weighted by atomic mass is 10.2. The molecule has 0 N–H and O–H groups in total. The van der Waals surface area contributed by atoms with Gasteiger partial charge < -0.3 is 13.8 Å². The van der Waals surface area contributed by atoms with E-state index in [2.05, 4.69) is 15.1 Å². The molecule has 4 rings (SSSR count). The number of nitrogens with zero attached hydrogens (tertiary/aromatic N) is 4. The smallest absolute Gasteiger partial charge is 0.264 e. The normalized spacial score (nSPS) is 11.1. The Balaban J connectivity index is 1.53. The first kappa shape index (κ1) is 14.4. The van der Waals surface area contributed by atoms with Crippen LogP contribution in [-0.2, 0) is 13.7 Å². The lowest BCUT2D eigenvalue weighted by Crippen LogP contribution is -1.95. The molecule has 0 radical (unpaired) electrons. The maximum Gasteiger partial charge on any atom is 0.264 e. The zero-order valence-electron chi connectivity index (χ0n) is 13.4. The number of aromatic nitrogens is 4. The average Bonchev–Trinajstić information content (AvgIpc) is 3.20. The molecule has 2 aromatic heterocycles. The summed E-state index contributed by atoms with van der Waals surface area (Å²) in [6.07, 6.45) is 1.78. The van der Waals surface area contributed by atoms with E-state index in [1.807, 2.05) is 61.0 Å². The van der Waals surface area contributed by atoms with Crippen molar-refractivity contribution in [3.05, 3.63) is 60.2 Å². The second kappa shape index (κ2) is 5.81. The summed E-state index contributed by atoms with van der Waals surface area (Å²) in [6, 6.07) is 13.7. The highest BCUT2D eigenvalue weighted by Gasteiger charge is 2.11. The Kier molecular flexibility index (Phi) is 3.49. The highest BCUT2D eigenvalue weighted by molar-refractivity contribution is 5.80. The molecule has 2 aromatic carbocycles. The van der Waals surface area contributed by atoms with E-state index in [1.54, 1.807) is 6.33 Å². The van der Waals surface area contributed by atoms with Gasteiger partial charge in [-0.15, -0.1) is 0 Å². The van der Waals surface area contributed by atoms with Crippen LogP contribution in [0.5, 0.6) is 5.75 Å². The van der Waals surface area contributed by atoms with Crippen LogP contribution in [0, 0.1) is 6.92 Å². The van der Waals surface area contributed by atoms with Crippen LogP contribution in [0.1, 0.15) is 11.5 Å². The monoisotopic (exact) mass is 320 g/mol. The van der Waals surface area contributed by atoms with Gasteiger partial charge in [0.05, 0.1) is 17.4 Å². The van der Waals surface area contributed by atoms with E-state index in [9.17, 15) is 0 Å². The Morgan fingerprint density at radius 2 is 2.08 bits per heavy atom. The predicted octanol–water partition coefficient (Wildman–Crippen LogP) is 3.51. The van der Waals surface area contributed by atoms with Gasteiger partial charge in [0.25, 0.3) is 5.89 Å². The first-order valence-corrected chi connectivity index (χ1v) is 7.62. The van der Waals surface area contributed by atoms with Crippen LogP contribution in [0.4, 0.5) is 0 Å². The van der Waals surface area contributed by atoms with Crippen LogP contribution in [0.3, 0.4) is 0 Å². The van der Waals surface area contributed by atoms with Gasteiger partial charge in [0, 0.05) is 12.6 Å². The number of hydrogen-bond acceptors (Lipinski definition) is 5. The SMILES string of the molecule is Cc1cccc(OCc2nc(-c3ccc4c(c3)ncn4C)no2)c1. The van der Waals surface area contributed by atoms with Gasteiger partial charge in [-0.1, -0.05) is 17.3 Å². The average molecular weight is 320 g/mol. The maximum atomic E-state index is 5.68. The summed E-state index contributed by atoms with van der Waals surface area (Å²) in [5.74, 6) is 1.75. The molecule has 0 saturated carbocycles. The Morgan fingerprint density at radius 1 is 1.17 bits per heavy atom. The summed E-state index contributed by atoms with van der Waals surface area (Å²) in [5.41, 5.74) is 3.97. The largest absolute Gasteiger partial charge is 0.484 e. The standard InChI is InChI=1S/C18H16N4O2/c1-12-4-3-5-14(8-12)23-10-17-20-18(21-24-17)13-6-7-16-15(9-13)19-11-22(16)2/h3-9,11H,10H2,1-2H3. The fourth-order valence-electron chi connectivity index (χ4n) is 2.56. The first-order chi connectivity index (χ1) is 11.7. The van der Waals surface area contributed by atoms with E-state index < -0.39 is 0 Å². The first-order valence-electron chi connectivity index (χ1n) is 7.62. The number of hydrogen-bond donors (Lipinski definition) is 0. The predicted molar refractivity (Wildman–Crippen MR) is 89.5 cm³/mol. The van der Waals surface area contributed by atoms with Gasteiger partial charge >= 0.3 is 0 Å². The van der Waals surface area contributed by atoms with E-state index in [-0.39, 0.29) is 6.61 Å². The molecule has 0 aliphatic carbocycles. The lowest BCUT2D eigenvalue weighted by molar-refractivity contribution is 0.243. The van der Waals surface area contributed by atoms with Gasteiger partial charge in [-0.25, -0.2) is 4.98 Å². The molecule has 6 nitrogen and oxygen atoms in total. The quantitative estimate of drug-likeness (QED) is 0.575.